The quantitative estimate of drug-likeness (QED) is 0.828. The summed E-state index contributed by atoms with van der Waals surface area (Å²) in [5, 5.41) is 19.3. The predicted molar refractivity (Wildman–Crippen MR) is 75.6 cm³/mol. The number of nitrogens with zero attached hydrogens (tertiary/aromatic N) is 2. The first-order valence-electron chi connectivity index (χ1n) is 6.06. The normalized spacial score (nSPS) is 12.4. The fourth-order valence-electron chi connectivity index (χ4n) is 1.92. The topological polar surface area (TPSA) is 66.2 Å². The number of rotatable bonds is 5. The van der Waals surface area contributed by atoms with Crippen LogP contribution in [0.2, 0.25) is 0 Å². The second kappa shape index (κ2) is 6.75. The standard InChI is InChI=1S/C14H15BrN2O2/c15-13-5-1-4-12(17-13)14(19)11-6-7-16-9-10(11)3-2-8-18/h1,4-7,9,14,18-19H,2-3,8H2. The molecule has 0 radical (unpaired) electrons. The van der Waals surface area contributed by atoms with E-state index in [0.29, 0.717) is 23.1 Å². The third kappa shape index (κ3) is 3.59. The zero-order chi connectivity index (χ0) is 13.7. The molecular formula is C14H15BrN2O2. The van der Waals surface area contributed by atoms with Crippen molar-refractivity contribution < 1.29 is 10.2 Å². The molecular weight excluding hydrogens is 308 g/mol. The molecule has 4 nitrogen and oxygen atoms in total. The van der Waals surface area contributed by atoms with Gasteiger partial charge in [-0.3, -0.25) is 4.98 Å². The van der Waals surface area contributed by atoms with E-state index in [9.17, 15) is 5.11 Å². The SMILES string of the molecule is OCCCc1cnccc1C(O)c1cccc(Br)n1. The number of halogens is 1. The van der Waals surface area contributed by atoms with Gasteiger partial charge in [0.25, 0.3) is 0 Å². The van der Waals surface area contributed by atoms with Gasteiger partial charge in [0.2, 0.25) is 0 Å². The van der Waals surface area contributed by atoms with Crippen molar-refractivity contribution in [1.82, 2.24) is 9.97 Å². The highest BCUT2D eigenvalue weighted by molar-refractivity contribution is 9.10. The molecule has 0 aliphatic rings. The number of hydrogen-bond donors (Lipinski definition) is 2. The largest absolute Gasteiger partial charge is 0.396 e. The summed E-state index contributed by atoms with van der Waals surface area (Å²) in [7, 11) is 0. The summed E-state index contributed by atoms with van der Waals surface area (Å²) < 4.78 is 0.690. The van der Waals surface area contributed by atoms with Crippen molar-refractivity contribution in [2.75, 3.05) is 6.61 Å². The van der Waals surface area contributed by atoms with Gasteiger partial charge in [0, 0.05) is 19.0 Å². The van der Waals surface area contributed by atoms with Gasteiger partial charge in [-0.05, 0) is 58.1 Å². The van der Waals surface area contributed by atoms with Crippen LogP contribution in [0.1, 0.15) is 29.3 Å². The summed E-state index contributed by atoms with van der Waals surface area (Å²) in [5.41, 5.74) is 2.31. The molecule has 2 aromatic rings. The smallest absolute Gasteiger partial charge is 0.121 e. The molecule has 5 heteroatoms. The van der Waals surface area contributed by atoms with Crippen molar-refractivity contribution in [3.63, 3.8) is 0 Å². The van der Waals surface area contributed by atoms with Crippen LogP contribution in [0.5, 0.6) is 0 Å². The maximum absolute atomic E-state index is 10.4. The number of pyridine rings is 2. The van der Waals surface area contributed by atoms with E-state index in [1.807, 2.05) is 12.1 Å². The van der Waals surface area contributed by atoms with Crippen molar-refractivity contribution in [2.45, 2.75) is 18.9 Å². The van der Waals surface area contributed by atoms with Gasteiger partial charge in [0.15, 0.2) is 0 Å². The molecule has 1 atom stereocenters. The first-order chi connectivity index (χ1) is 9.22. The third-order valence-electron chi connectivity index (χ3n) is 2.86. The zero-order valence-electron chi connectivity index (χ0n) is 10.3. The van der Waals surface area contributed by atoms with E-state index < -0.39 is 6.10 Å². The van der Waals surface area contributed by atoms with Gasteiger partial charge in [0.05, 0.1) is 5.69 Å². The molecule has 19 heavy (non-hydrogen) atoms. The molecule has 2 heterocycles. The molecule has 2 rings (SSSR count). The van der Waals surface area contributed by atoms with Crippen LogP contribution in [0.4, 0.5) is 0 Å². The van der Waals surface area contributed by atoms with Gasteiger partial charge in [-0.15, -0.1) is 0 Å². The number of aliphatic hydroxyl groups excluding tert-OH is 2. The Balaban J connectivity index is 2.30. The monoisotopic (exact) mass is 322 g/mol. The second-order valence-corrected chi connectivity index (χ2v) is 5.00. The fraction of sp³-hybridized carbons (Fsp3) is 0.286. The highest BCUT2D eigenvalue weighted by atomic mass is 79.9. The third-order valence-corrected chi connectivity index (χ3v) is 3.30. The Morgan fingerprint density at radius 2 is 2.11 bits per heavy atom. The minimum absolute atomic E-state index is 0.125. The van der Waals surface area contributed by atoms with E-state index in [4.69, 9.17) is 5.11 Å². The minimum Gasteiger partial charge on any atom is -0.396 e. The summed E-state index contributed by atoms with van der Waals surface area (Å²) in [5.74, 6) is 0. The lowest BCUT2D eigenvalue weighted by Gasteiger charge is -2.14. The number of aromatic nitrogens is 2. The van der Waals surface area contributed by atoms with Gasteiger partial charge < -0.3 is 10.2 Å². The molecule has 0 saturated carbocycles. The van der Waals surface area contributed by atoms with Crippen LogP contribution in [0, 0.1) is 0 Å². The highest BCUT2D eigenvalue weighted by Gasteiger charge is 2.15. The molecule has 2 aromatic heterocycles. The first-order valence-corrected chi connectivity index (χ1v) is 6.86. The number of aryl methyl sites for hydroxylation is 1. The van der Waals surface area contributed by atoms with Gasteiger partial charge >= 0.3 is 0 Å². The Labute approximate surface area is 120 Å². The van der Waals surface area contributed by atoms with Crippen LogP contribution in [0.25, 0.3) is 0 Å². The van der Waals surface area contributed by atoms with E-state index in [-0.39, 0.29) is 6.61 Å². The maximum atomic E-state index is 10.4. The van der Waals surface area contributed by atoms with Gasteiger partial charge in [-0.1, -0.05) is 6.07 Å². The molecule has 100 valence electrons. The predicted octanol–water partition coefficient (Wildman–Crippen LogP) is 2.25. The van der Waals surface area contributed by atoms with E-state index in [0.717, 1.165) is 11.1 Å². The Morgan fingerprint density at radius 3 is 2.84 bits per heavy atom. The van der Waals surface area contributed by atoms with Crippen LogP contribution >= 0.6 is 15.9 Å². The summed E-state index contributed by atoms with van der Waals surface area (Å²) in [6.07, 6.45) is 3.93. The highest BCUT2D eigenvalue weighted by Crippen LogP contribution is 2.24. The average Bonchev–Trinajstić information content (AvgIpc) is 2.44. The van der Waals surface area contributed by atoms with Crippen molar-refractivity contribution in [1.29, 1.82) is 0 Å². The minimum atomic E-state index is -0.783. The van der Waals surface area contributed by atoms with Gasteiger partial charge in [-0.25, -0.2) is 4.98 Å². The van der Waals surface area contributed by atoms with Crippen LogP contribution in [0.3, 0.4) is 0 Å². The van der Waals surface area contributed by atoms with Gasteiger partial charge in [-0.2, -0.15) is 0 Å². The molecule has 0 fully saturated rings. The van der Waals surface area contributed by atoms with Crippen LogP contribution in [0.15, 0.2) is 41.3 Å². The molecule has 0 saturated heterocycles. The molecule has 2 N–H and O–H groups in total. The van der Waals surface area contributed by atoms with Crippen LogP contribution < -0.4 is 0 Å². The zero-order valence-corrected chi connectivity index (χ0v) is 11.9. The molecule has 0 aliphatic carbocycles. The van der Waals surface area contributed by atoms with Gasteiger partial charge in [0.1, 0.15) is 10.7 Å². The van der Waals surface area contributed by atoms with Crippen molar-refractivity contribution in [3.05, 3.63) is 58.1 Å². The molecule has 0 spiro atoms. The van der Waals surface area contributed by atoms with E-state index in [2.05, 4.69) is 25.9 Å². The molecule has 0 amide bonds. The van der Waals surface area contributed by atoms with Crippen molar-refractivity contribution in [2.24, 2.45) is 0 Å². The van der Waals surface area contributed by atoms with Crippen molar-refractivity contribution >= 4 is 15.9 Å². The lowest BCUT2D eigenvalue weighted by Crippen LogP contribution is -2.07. The summed E-state index contributed by atoms with van der Waals surface area (Å²) in [6.45, 7) is 0.125. The lowest BCUT2D eigenvalue weighted by atomic mass is 9.99. The fourth-order valence-corrected chi connectivity index (χ4v) is 2.28. The Kier molecular flexibility index (Phi) is 5.01. The Hall–Kier alpha value is -1.30. The van der Waals surface area contributed by atoms with Crippen LogP contribution in [-0.2, 0) is 6.42 Å². The van der Waals surface area contributed by atoms with E-state index in [1.54, 1.807) is 24.5 Å². The lowest BCUT2D eigenvalue weighted by molar-refractivity contribution is 0.213. The van der Waals surface area contributed by atoms with Crippen molar-refractivity contribution in [3.8, 4) is 0 Å². The molecule has 0 bridgehead atoms. The Morgan fingerprint density at radius 1 is 1.26 bits per heavy atom. The Bertz CT molecular complexity index is 548. The average molecular weight is 323 g/mol. The second-order valence-electron chi connectivity index (χ2n) is 4.19. The number of aliphatic hydroxyl groups is 2. The summed E-state index contributed by atoms with van der Waals surface area (Å²) in [4.78, 5) is 8.34. The van der Waals surface area contributed by atoms with Crippen LogP contribution in [-0.4, -0.2) is 26.8 Å². The van der Waals surface area contributed by atoms with E-state index in [1.165, 1.54) is 0 Å². The summed E-state index contributed by atoms with van der Waals surface area (Å²) in [6, 6.07) is 7.23. The molecule has 0 aliphatic heterocycles. The summed E-state index contributed by atoms with van der Waals surface area (Å²) >= 11 is 3.30. The first kappa shape index (κ1) is 14.1. The van der Waals surface area contributed by atoms with E-state index >= 15 is 0 Å². The molecule has 1 unspecified atom stereocenters. The number of hydrogen-bond acceptors (Lipinski definition) is 4. The maximum Gasteiger partial charge on any atom is 0.121 e. The molecule has 0 aromatic carbocycles.